The predicted molar refractivity (Wildman–Crippen MR) is 72.8 cm³/mol. The third kappa shape index (κ3) is 4.53. The molecule has 0 aliphatic rings. The van der Waals surface area contributed by atoms with Crippen LogP contribution in [0.3, 0.4) is 0 Å². The Labute approximate surface area is 112 Å². The largest absolute Gasteiger partial charge is 0.360 e. The van der Waals surface area contributed by atoms with Crippen molar-refractivity contribution in [3.63, 3.8) is 0 Å². The van der Waals surface area contributed by atoms with Gasteiger partial charge in [0.25, 0.3) is 0 Å². The first-order chi connectivity index (χ1) is 9.06. The maximum atomic E-state index is 11.6. The SMILES string of the molecule is CC(C)C(=O)Nc1cccc(NC=C(C#N)C#N)c1. The minimum absolute atomic E-state index is 0.0170. The molecule has 0 saturated carbocycles. The van der Waals surface area contributed by atoms with Crippen molar-refractivity contribution in [3.8, 4) is 12.1 Å². The van der Waals surface area contributed by atoms with Gasteiger partial charge in [-0.1, -0.05) is 19.9 Å². The zero-order chi connectivity index (χ0) is 14.3. The van der Waals surface area contributed by atoms with Crippen LogP contribution in [0.25, 0.3) is 0 Å². The van der Waals surface area contributed by atoms with E-state index in [0.717, 1.165) is 0 Å². The molecule has 0 saturated heterocycles. The second-order valence-corrected chi connectivity index (χ2v) is 4.15. The third-order valence-corrected chi connectivity index (χ3v) is 2.28. The molecule has 1 aromatic carbocycles. The lowest BCUT2D eigenvalue weighted by atomic mass is 10.2. The van der Waals surface area contributed by atoms with E-state index in [9.17, 15) is 4.79 Å². The Bertz CT molecular complexity index is 560. The second kappa shape index (κ2) is 6.83. The molecule has 0 atom stereocenters. The van der Waals surface area contributed by atoms with Gasteiger partial charge < -0.3 is 10.6 Å². The third-order valence-electron chi connectivity index (χ3n) is 2.28. The van der Waals surface area contributed by atoms with Crippen LogP contribution in [0.1, 0.15) is 13.8 Å². The zero-order valence-electron chi connectivity index (χ0n) is 10.8. The predicted octanol–water partition coefficient (Wildman–Crippen LogP) is 2.62. The van der Waals surface area contributed by atoms with Crippen molar-refractivity contribution in [1.29, 1.82) is 10.5 Å². The topological polar surface area (TPSA) is 88.7 Å². The molecule has 0 radical (unpaired) electrons. The lowest BCUT2D eigenvalue weighted by Gasteiger charge is -2.09. The van der Waals surface area contributed by atoms with Crippen LogP contribution in [0.15, 0.2) is 36.0 Å². The van der Waals surface area contributed by atoms with Crippen LogP contribution >= 0.6 is 0 Å². The summed E-state index contributed by atoms with van der Waals surface area (Å²) in [7, 11) is 0. The van der Waals surface area contributed by atoms with Gasteiger partial charge in [-0.25, -0.2) is 0 Å². The van der Waals surface area contributed by atoms with E-state index in [1.165, 1.54) is 6.20 Å². The van der Waals surface area contributed by atoms with Gasteiger partial charge >= 0.3 is 0 Å². The van der Waals surface area contributed by atoms with Crippen LogP contribution < -0.4 is 10.6 Å². The number of allylic oxidation sites excluding steroid dienone is 1. The fourth-order valence-electron chi connectivity index (χ4n) is 1.22. The lowest BCUT2D eigenvalue weighted by molar-refractivity contribution is -0.118. The number of hydrogen-bond donors (Lipinski definition) is 2. The minimum atomic E-state index is -0.0970. The summed E-state index contributed by atoms with van der Waals surface area (Å²) in [5.41, 5.74) is 1.33. The Morgan fingerprint density at radius 3 is 2.47 bits per heavy atom. The van der Waals surface area contributed by atoms with Gasteiger partial charge in [-0.2, -0.15) is 10.5 Å². The molecular weight excluding hydrogens is 240 g/mol. The van der Waals surface area contributed by atoms with Crippen LogP contribution in [-0.4, -0.2) is 5.91 Å². The van der Waals surface area contributed by atoms with Gasteiger partial charge in [0.05, 0.1) is 0 Å². The molecule has 1 aromatic rings. The van der Waals surface area contributed by atoms with Crippen LogP contribution in [0.5, 0.6) is 0 Å². The van der Waals surface area contributed by atoms with Gasteiger partial charge in [0.2, 0.25) is 5.91 Å². The number of nitrogens with one attached hydrogen (secondary N) is 2. The molecule has 19 heavy (non-hydrogen) atoms. The monoisotopic (exact) mass is 254 g/mol. The minimum Gasteiger partial charge on any atom is -0.360 e. The Hall–Kier alpha value is -2.79. The van der Waals surface area contributed by atoms with E-state index in [1.807, 2.05) is 13.8 Å². The smallest absolute Gasteiger partial charge is 0.226 e. The van der Waals surface area contributed by atoms with Crippen molar-refractivity contribution in [2.75, 3.05) is 10.6 Å². The quantitative estimate of drug-likeness (QED) is 0.808. The molecule has 0 aliphatic heterocycles. The molecule has 0 unspecified atom stereocenters. The van der Waals surface area contributed by atoms with Crippen molar-refractivity contribution in [1.82, 2.24) is 0 Å². The molecule has 1 amide bonds. The van der Waals surface area contributed by atoms with Gasteiger partial charge in [0, 0.05) is 23.5 Å². The summed E-state index contributed by atoms with van der Waals surface area (Å²) in [6, 6.07) is 10.5. The molecule has 1 rings (SSSR count). The molecule has 5 heteroatoms. The molecule has 0 aromatic heterocycles. The van der Waals surface area contributed by atoms with Crippen LogP contribution in [0.4, 0.5) is 11.4 Å². The Morgan fingerprint density at radius 1 is 1.26 bits per heavy atom. The summed E-state index contributed by atoms with van der Waals surface area (Å²) in [4.78, 5) is 11.6. The van der Waals surface area contributed by atoms with Crippen molar-refractivity contribution < 1.29 is 4.79 Å². The fourth-order valence-corrected chi connectivity index (χ4v) is 1.22. The van der Waals surface area contributed by atoms with E-state index < -0.39 is 0 Å². The highest BCUT2D eigenvalue weighted by atomic mass is 16.1. The number of carbonyl (C=O) groups is 1. The van der Waals surface area contributed by atoms with Crippen molar-refractivity contribution >= 4 is 17.3 Å². The standard InChI is InChI=1S/C14H14N4O/c1-10(2)14(19)18-13-5-3-4-12(6-13)17-9-11(7-15)8-16/h3-6,9-10,17H,1-2H3,(H,18,19). The Kier molecular flexibility index (Phi) is 5.13. The van der Waals surface area contributed by atoms with Crippen LogP contribution in [0, 0.1) is 28.6 Å². The Morgan fingerprint density at radius 2 is 1.89 bits per heavy atom. The van der Waals surface area contributed by atoms with Gasteiger partial charge in [0.15, 0.2) is 0 Å². The zero-order valence-corrected chi connectivity index (χ0v) is 10.8. The molecule has 0 spiro atoms. The molecule has 0 aliphatic carbocycles. The number of nitrogens with zero attached hydrogens (tertiary/aromatic N) is 2. The number of carbonyl (C=O) groups excluding carboxylic acids is 1. The van der Waals surface area contributed by atoms with E-state index in [4.69, 9.17) is 10.5 Å². The number of rotatable bonds is 4. The van der Waals surface area contributed by atoms with Crippen molar-refractivity contribution in [2.24, 2.45) is 5.92 Å². The lowest BCUT2D eigenvalue weighted by Crippen LogP contribution is -2.17. The number of amides is 1. The number of benzene rings is 1. The van der Waals surface area contributed by atoms with E-state index in [1.54, 1.807) is 36.4 Å². The number of hydrogen-bond acceptors (Lipinski definition) is 4. The summed E-state index contributed by atoms with van der Waals surface area (Å²) in [6.07, 6.45) is 1.32. The fraction of sp³-hybridized carbons (Fsp3) is 0.214. The first kappa shape index (κ1) is 14.3. The second-order valence-electron chi connectivity index (χ2n) is 4.15. The Balaban J connectivity index is 2.79. The first-order valence-electron chi connectivity index (χ1n) is 5.74. The van der Waals surface area contributed by atoms with Gasteiger partial charge in [-0.3, -0.25) is 4.79 Å². The highest BCUT2D eigenvalue weighted by molar-refractivity contribution is 5.92. The molecular formula is C14H14N4O. The van der Waals surface area contributed by atoms with Crippen molar-refractivity contribution in [3.05, 3.63) is 36.0 Å². The van der Waals surface area contributed by atoms with Crippen molar-refractivity contribution in [2.45, 2.75) is 13.8 Å². The van der Waals surface area contributed by atoms with E-state index >= 15 is 0 Å². The van der Waals surface area contributed by atoms with Gasteiger partial charge in [-0.05, 0) is 18.2 Å². The number of anilines is 2. The average Bonchev–Trinajstić information content (AvgIpc) is 2.40. The maximum absolute atomic E-state index is 11.6. The number of nitriles is 2. The molecule has 0 fully saturated rings. The summed E-state index contributed by atoms with van der Waals surface area (Å²) in [6.45, 7) is 3.62. The first-order valence-corrected chi connectivity index (χ1v) is 5.74. The van der Waals surface area contributed by atoms with Crippen LogP contribution in [0.2, 0.25) is 0 Å². The molecule has 2 N–H and O–H groups in total. The van der Waals surface area contributed by atoms with E-state index in [0.29, 0.717) is 11.4 Å². The molecule has 5 nitrogen and oxygen atoms in total. The highest BCUT2D eigenvalue weighted by Gasteiger charge is 2.06. The molecule has 0 bridgehead atoms. The van der Waals surface area contributed by atoms with E-state index in [-0.39, 0.29) is 17.4 Å². The summed E-state index contributed by atoms with van der Waals surface area (Å²) >= 11 is 0. The average molecular weight is 254 g/mol. The maximum Gasteiger partial charge on any atom is 0.226 e. The van der Waals surface area contributed by atoms with E-state index in [2.05, 4.69) is 10.6 Å². The van der Waals surface area contributed by atoms with Crippen LogP contribution in [-0.2, 0) is 4.79 Å². The van der Waals surface area contributed by atoms with Gasteiger partial charge in [0.1, 0.15) is 17.7 Å². The highest BCUT2D eigenvalue weighted by Crippen LogP contribution is 2.16. The molecule has 96 valence electrons. The summed E-state index contributed by atoms with van der Waals surface area (Å²) in [5, 5.41) is 22.8. The summed E-state index contributed by atoms with van der Waals surface area (Å²) in [5.74, 6) is -0.164. The summed E-state index contributed by atoms with van der Waals surface area (Å²) < 4.78 is 0. The molecule has 0 heterocycles. The normalized spacial score (nSPS) is 9.11. The van der Waals surface area contributed by atoms with Gasteiger partial charge in [-0.15, -0.1) is 0 Å².